The van der Waals surface area contributed by atoms with Crippen LogP contribution in [0.5, 0.6) is 0 Å². The van der Waals surface area contributed by atoms with Gasteiger partial charge in [-0.3, -0.25) is 28.0 Å². The van der Waals surface area contributed by atoms with Gasteiger partial charge in [0.15, 0.2) is 15.0 Å². The normalized spacial score (nSPS) is 14.0. The van der Waals surface area contributed by atoms with E-state index in [1.54, 1.807) is 0 Å². The van der Waals surface area contributed by atoms with Crippen LogP contribution in [0.2, 0.25) is 0 Å². The van der Waals surface area contributed by atoms with Crippen molar-refractivity contribution in [2.75, 3.05) is 84.6 Å². The number of rotatable bonds is 8. The summed E-state index contributed by atoms with van der Waals surface area (Å²) in [6.07, 6.45) is 0. The fourth-order valence-electron chi connectivity index (χ4n) is 2.82. The van der Waals surface area contributed by atoms with Crippen LogP contribution in [0.1, 0.15) is 0 Å². The minimum Gasteiger partial charge on any atom is -0.252 e. The molecule has 0 fully saturated rings. The van der Waals surface area contributed by atoms with E-state index in [-0.39, 0.29) is 8.88 Å². The molecule has 0 aliphatic heterocycles. The second kappa shape index (κ2) is 9.38. The van der Waals surface area contributed by atoms with Crippen LogP contribution in [-0.2, 0) is 0 Å². The van der Waals surface area contributed by atoms with E-state index >= 15 is 0 Å². The Labute approximate surface area is 146 Å². The zero-order chi connectivity index (χ0) is 18.6. The molecule has 0 radical (unpaired) electrons. The van der Waals surface area contributed by atoms with E-state index in [0.717, 1.165) is 0 Å². The largest absolute Gasteiger partial charge is 0.252 e. The Morgan fingerprint density at radius 3 is 0.739 bits per heavy atom. The van der Waals surface area contributed by atoms with Crippen molar-refractivity contribution in [3.8, 4) is 0 Å². The molecule has 0 aromatic rings. The van der Waals surface area contributed by atoms with Gasteiger partial charge < -0.3 is 0 Å². The van der Waals surface area contributed by atoms with Crippen LogP contribution < -0.4 is 0 Å². The fraction of sp³-hybridized carbons (Fsp3) is 1.00. The van der Waals surface area contributed by atoms with Crippen LogP contribution in [0.25, 0.3) is 0 Å². The van der Waals surface area contributed by atoms with Crippen LogP contribution in [0.3, 0.4) is 0 Å². The molecule has 0 aromatic carbocycles. The van der Waals surface area contributed by atoms with Gasteiger partial charge >= 0.3 is 0 Å². The van der Waals surface area contributed by atoms with Crippen molar-refractivity contribution in [1.82, 2.24) is 28.0 Å². The molecule has 0 saturated heterocycles. The van der Waals surface area contributed by atoms with Crippen molar-refractivity contribution in [2.24, 2.45) is 9.03 Å². The molecular formula is C12H37N8P3. The lowest BCUT2D eigenvalue weighted by molar-refractivity contribution is 0.474. The first-order chi connectivity index (χ1) is 10.4. The summed E-state index contributed by atoms with van der Waals surface area (Å²) in [4.78, 5) is 0. The Kier molecular flexibility index (Phi) is 9.64. The Morgan fingerprint density at radius 1 is 0.435 bits per heavy atom. The zero-order valence-electron chi connectivity index (χ0n) is 17.0. The van der Waals surface area contributed by atoms with Crippen LogP contribution in [0.4, 0.5) is 0 Å². The molecule has 0 aromatic heterocycles. The van der Waals surface area contributed by atoms with Crippen molar-refractivity contribution >= 4 is 23.9 Å². The van der Waals surface area contributed by atoms with Crippen LogP contribution >= 0.6 is 23.9 Å². The molecule has 23 heavy (non-hydrogen) atoms. The van der Waals surface area contributed by atoms with Gasteiger partial charge in [0.25, 0.3) is 0 Å². The average molecular weight is 386 g/mol. The van der Waals surface area contributed by atoms with Crippen molar-refractivity contribution in [3.63, 3.8) is 0 Å². The Bertz CT molecular complexity index is 372. The summed E-state index contributed by atoms with van der Waals surface area (Å²) in [5.41, 5.74) is 0. The van der Waals surface area contributed by atoms with E-state index in [2.05, 4.69) is 113 Å². The van der Waals surface area contributed by atoms with E-state index in [4.69, 9.17) is 9.03 Å². The fourth-order valence-corrected chi connectivity index (χ4v) is 12.9. The summed E-state index contributed by atoms with van der Waals surface area (Å²) >= 11 is 0. The molecule has 0 heterocycles. The topological polar surface area (TPSA) is 44.2 Å². The Morgan fingerprint density at radius 2 is 0.609 bits per heavy atom. The van der Waals surface area contributed by atoms with Crippen molar-refractivity contribution in [1.29, 1.82) is 0 Å². The summed E-state index contributed by atoms with van der Waals surface area (Å²) in [5, 5.41) is 0. The molecule has 0 amide bonds. The summed E-state index contributed by atoms with van der Waals surface area (Å²) in [6, 6.07) is 0. The summed E-state index contributed by atoms with van der Waals surface area (Å²) in [6.45, 7) is 0. The van der Waals surface area contributed by atoms with Gasteiger partial charge in [0.2, 0.25) is 0 Å². The van der Waals surface area contributed by atoms with E-state index < -0.39 is 15.0 Å². The predicted molar refractivity (Wildman–Crippen MR) is 109 cm³/mol. The summed E-state index contributed by atoms with van der Waals surface area (Å²) in [7, 11) is 21.5. The summed E-state index contributed by atoms with van der Waals surface area (Å²) in [5.74, 6) is 0. The zero-order valence-corrected chi connectivity index (χ0v) is 19.8. The van der Waals surface area contributed by atoms with E-state index in [0.29, 0.717) is 0 Å². The second-order valence-corrected chi connectivity index (χ2v) is 15.2. The summed E-state index contributed by atoms with van der Waals surface area (Å²) < 4.78 is 23.5. The molecular weight excluding hydrogens is 349 g/mol. The van der Waals surface area contributed by atoms with Gasteiger partial charge in [-0.2, -0.15) is 0 Å². The van der Waals surface area contributed by atoms with E-state index in [1.807, 2.05) is 0 Å². The van der Waals surface area contributed by atoms with Gasteiger partial charge in [0.1, 0.15) is 8.88 Å². The van der Waals surface area contributed by atoms with Crippen molar-refractivity contribution in [2.45, 2.75) is 0 Å². The highest BCUT2D eigenvalue weighted by atomic mass is 31.2. The highest BCUT2D eigenvalue weighted by Gasteiger charge is 2.30. The van der Waals surface area contributed by atoms with Gasteiger partial charge in [-0.15, -0.1) is 0 Å². The molecule has 8 nitrogen and oxygen atoms in total. The second-order valence-electron chi connectivity index (χ2n) is 6.46. The maximum Gasteiger partial charge on any atom is 0.171 e. The molecule has 0 spiro atoms. The highest BCUT2D eigenvalue weighted by Crippen LogP contribution is 2.62. The third kappa shape index (κ3) is 4.84. The van der Waals surface area contributed by atoms with E-state index in [9.17, 15) is 0 Å². The van der Waals surface area contributed by atoms with E-state index in [1.165, 1.54) is 0 Å². The third-order valence-electron chi connectivity index (χ3n) is 3.58. The number of nitrogens with zero attached hydrogens (tertiary/aromatic N) is 8. The standard InChI is InChI=1S/C12H37N8P3/c1-15(2)22(16(3)4,17(5)6)13-21-14-23(18(7)8,19(9)10)20(11)12/h21H,1-12H3. The predicted octanol–water partition coefficient (Wildman–Crippen LogP) is 2.76. The molecule has 0 aliphatic rings. The molecule has 0 atom stereocenters. The van der Waals surface area contributed by atoms with Gasteiger partial charge in [0.05, 0.1) is 0 Å². The van der Waals surface area contributed by atoms with Gasteiger partial charge in [-0.25, -0.2) is 9.03 Å². The quantitative estimate of drug-likeness (QED) is 0.598. The molecule has 0 N–H and O–H groups in total. The lowest BCUT2D eigenvalue weighted by Gasteiger charge is -2.42. The monoisotopic (exact) mass is 386 g/mol. The molecule has 0 bridgehead atoms. The number of hydrogen-bond acceptors (Lipinski definition) is 2. The molecule has 0 rings (SSSR count). The van der Waals surface area contributed by atoms with Crippen LogP contribution in [0, 0.1) is 0 Å². The number of hydrogen-bond donors (Lipinski definition) is 0. The molecule has 0 saturated carbocycles. The maximum absolute atomic E-state index is 5.08. The van der Waals surface area contributed by atoms with Gasteiger partial charge in [0, 0.05) is 0 Å². The average Bonchev–Trinajstić information content (AvgIpc) is 2.35. The van der Waals surface area contributed by atoms with Gasteiger partial charge in [-0.1, -0.05) is 0 Å². The van der Waals surface area contributed by atoms with Crippen LogP contribution in [0.15, 0.2) is 9.03 Å². The Hall–Kier alpha value is 0.650. The minimum atomic E-state index is -1.88. The molecule has 0 aliphatic carbocycles. The minimum absolute atomic E-state index is 0.190. The maximum atomic E-state index is 5.08. The lowest BCUT2D eigenvalue weighted by Crippen LogP contribution is -2.30. The Balaban J connectivity index is 6.10. The third-order valence-corrected chi connectivity index (χ3v) is 12.9. The van der Waals surface area contributed by atoms with Crippen molar-refractivity contribution in [3.05, 3.63) is 0 Å². The SMILES string of the molecule is CN(C)P(=NPN=P(N(C)C)(N(C)C)N(C)C)(N(C)C)N(C)C. The first-order valence-corrected chi connectivity index (χ1v) is 11.5. The van der Waals surface area contributed by atoms with Crippen molar-refractivity contribution < 1.29 is 0 Å². The molecule has 140 valence electrons. The highest BCUT2D eigenvalue weighted by molar-refractivity contribution is 7.67. The van der Waals surface area contributed by atoms with Crippen LogP contribution in [-0.4, -0.2) is 113 Å². The smallest absolute Gasteiger partial charge is 0.171 e. The molecule has 11 heteroatoms. The first kappa shape index (κ1) is 23.6. The lowest BCUT2D eigenvalue weighted by atomic mass is 11.2. The van der Waals surface area contributed by atoms with Gasteiger partial charge in [-0.05, 0) is 84.6 Å². The first-order valence-electron chi connectivity index (χ1n) is 7.41. The molecule has 0 unspecified atom stereocenters.